The molecule has 126 valence electrons. The van der Waals surface area contributed by atoms with E-state index in [-0.39, 0.29) is 17.5 Å². The Morgan fingerprint density at radius 3 is 3.04 bits per heavy atom. The lowest BCUT2D eigenvalue weighted by Crippen LogP contribution is -2.36. The van der Waals surface area contributed by atoms with Crippen LogP contribution in [-0.4, -0.2) is 38.5 Å². The molecule has 24 heavy (non-hydrogen) atoms. The first-order valence-corrected chi connectivity index (χ1v) is 8.45. The first-order chi connectivity index (χ1) is 11.7. The molecule has 0 bridgehead atoms. The minimum absolute atomic E-state index is 0.0903. The number of carbonyl (C=O) groups is 1. The minimum atomic E-state index is -0.569. The lowest BCUT2D eigenvalue weighted by molar-refractivity contribution is 0.0725. The van der Waals surface area contributed by atoms with Crippen molar-refractivity contribution in [3.05, 3.63) is 41.6 Å². The van der Waals surface area contributed by atoms with Gasteiger partial charge in [-0.15, -0.1) is 0 Å². The molecule has 0 spiro atoms. The standard InChI is InChI=1S/C17H19FN4O2/c18-14-10-19-8-7-13(14)17(23)22-9-1-2-12(22)5-6-15-20-16(24-21-15)11-3-4-11/h7-8,10-12H,1-6,9H2. The SMILES string of the molecule is O=C(c1ccncc1F)N1CCCC1CCc1noc(C2CC2)n1. The van der Waals surface area contributed by atoms with Gasteiger partial charge in [0.1, 0.15) is 0 Å². The first kappa shape index (κ1) is 15.2. The molecule has 1 atom stereocenters. The van der Waals surface area contributed by atoms with Crippen LogP contribution in [0.25, 0.3) is 0 Å². The molecule has 2 aromatic rings. The molecule has 1 aliphatic carbocycles. The van der Waals surface area contributed by atoms with Crippen molar-refractivity contribution in [2.75, 3.05) is 6.54 Å². The maximum atomic E-state index is 13.8. The number of hydrogen-bond acceptors (Lipinski definition) is 5. The third-order valence-corrected chi connectivity index (χ3v) is 4.75. The Morgan fingerprint density at radius 1 is 1.38 bits per heavy atom. The second kappa shape index (κ2) is 6.30. The van der Waals surface area contributed by atoms with Crippen LogP contribution in [0.15, 0.2) is 23.0 Å². The van der Waals surface area contributed by atoms with Gasteiger partial charge in [0.05, 0.1) is 11.8 Å². The summed E-state index contributed by atoms with van der Waals surface area (Å²) in [4.78, 5) is 22.5. The van der Waals surface area contributed by atoms with Crippen molar-refractivity contribution < 1.29 is 13.7 Å². The van der Waals surface area contributed by atoms with Crippen LogP contribution < -0.4 is 0 Å². The van der Waals surface area contributed by atoms with Crippen LogP contribution in [0, 0.1) is 5.82 Å². The molecule has 0 aromatic carbocycles. The molecule has 2 aliphatic rings. The fourth-order valence-corrected chi connectivity index (χ4v) is 3.27. The molecule has 0 N–H and O–H groups in total. The minimum Gasteiger partial charge on any atom is -0.339 e. The molecule has 4 rings (SSSR count). The monoisotopic (exact) mass is 330 g/mol. The van der Waals surface area contributed by atoms with Crippen LogP contribution in [0.1, 0.15) is 60.1 Å². The van der Waals surface area contributed by atoms with E-state index < -0.39 is 5.82 Å². The number of amides is 1. The van der Waals surface area contributed by atoms with E-state index in [1.807, 2.05) is 0 Å². The Labute approximate surface area is 139 Å². The quantitative estimate of drug-likeness (QED) is 0.843. The highest BCUT2D eigenvalue weighted by Crippen LogP contribution is 2.38. The lowest BCUT2D eigenvalue weighted by Gasteiger charge is -2.24. The predicted octanol–water partition coefficient (Wildman–Crippen LogP) is 2.72. The average Bonchev–Trinajstić information content (AvgIpc) is 3.15. The van der Waals surface area contributed by atoms with Crippen LogP contribution in [0.4, 0.5) is 4.39 Å². The van der Waals surface area contributed by atoms with Crippen LogP contribution in [0.5, 0.6) is 0 Å². The van der Waals surface area contributed by atoms with E-state index in [2.05, 4.69) is 15.1 Å². The van der Waals surface area contributed by atoms with Gasteiger partial charge < -0.3 is 9.42 Å². The maximum absolute atomic E-state index is 13.8. The van der Waals surface area contributed by atoms with E-state index in [9.17, 15) is 9.18 Å². The van der Waals surface area contributed by atoms with Crippen molar-refractivity contribution in [3.8, 4) is 0 Å². The van der Waals surface area contributed by atoms with Gasteiger partial charge in [0.25, 0.3) is 5.91 Å². The largest absolute Gasteiger partial charge is 0.339 e. The summed E-state index contributed by atoms with van der Waals surface area (Å²) in [6.07, 6.45) is 8.07. The Kier molecular flexibility index (Phi) is 4.00. The van der Waals surface area contributed by atoms with Gasteiger partial charge in [-0.2, -0.15) is 4.98 Å². The highest BCUT2D eigenvalue weighted by molar-refractivity contribution is 5.94. The fourth-order valence-electron chi connectivity index (χ4n) is 3.27. The third-order valence-electron chi connectivity index (χ3n) is 4.75. The van der Waals surface area contributed by atoms with Gasteiger partial charge in [-0.3, -0.25) is 9.78 Å². The number of likely N-dealkylation sites (tertiary alicyclic amines) is 1. The highest BCUT2D eigenvalue weighted by atomic mass is 19.1. The van der Waals surface area contributed by atoms with Gasteiger partial charge in [0.2, 0.25) is 5.89 Å². The van der Waals surface area contributed by atoms with Crippen molar-refractivity contribution in [1.82, 2.24) is 20.0 Å². The molecule has 7 heteroatoms. The third kappa shape index (κ3) is 3.02. The van der Waals surface area contributed by atoms with E-state index in [1.165, 1.54) is 12.3 Å². The highest BCUT2D eigenvalue weighted by Gasteiger charge is 2.32. The molecule has 1 saturated heterocycles. The zero-order valence-electron chi connectivity index (χ0n) is 13.3. The molecular formula is C17H19FN4O2. The van der Waals surface area contributed by atoms with Gasteiger partial charge >= 0.3 is 0 Å². The van der Waals surface area contributed by atoms with E-state index in [0.717, 1.165) is 44.2 Å². The topological polar surface area (TPSA) is 72.1 Å². The summed E-state index contributed by atoms with van der Waals surface area (Å²) in [5, 5.41) is 4.02. The number of aromatic nitrogens is 3. The Hall–Kier alpha value is -2.31. The van der Waals surface area contributed by atoms with Gasteiger partial charge in [0, 0.05) is 31.1 Å². The number of hydrogen-bond donors (Lipinski definition) is 0. The van der Waals surface area contributed by atoms with Gasteiger partial charge in [-0.05, 0) is 38.2 Å². The molecule has 3 heterocycles. The number of aryl methyl sites for hydroxylation is 1. The molecule has 2 fully saturated rings. The molecule has 1 saturated carbocycles. The van der Waals surface area contributed by atoms with Gasteiger partial charge in [-0.25, -0.2) is 4.39 Å². The Morgan fingerprint density at radius 2 is 2.25 bits per heavy atom. The second-order valence-corrected chi connectivity index (χ2v) is 6.51. The van der Waals surface area contributed by atoms with Crippen LogP contribution in [0.3, 0.4) is 0 Å². The predicted molar refractivity (Wildman–Crippen MR) is 82.8 cm³/mol. The molecular weight excluding hydrogens is 311 g/mol. The van der Waals surface area contributed by atoms with E-state index in [1.54, 1.807) is 4.90 Å². The smallest absolute Gasteiger partial charge is 0.257 e. The average molecular weight is 330 g/mol. The maximum Gasteiger partial charge on any atom is 0.257 e. The normalized spacial score (nSPS) is 20.5. The van der Waals surface area contributed by atoms with Crippen molar-refractivity contribution >= 4 is 5.91 Å². The van der Waals surface area contributed by atoms with E-state index in [0.29, 0.717) is 24.7 Å². The number of rotatable bonds is 5. The zero-order valence-corrected chi connectivity index (χ0v) is 13.3. The summed E-state index contributed by atoms with van der Waals surface area (Å²) < 4.78 is 19.1. The number of halogens is 1. The summed E-state index contributed by atoms with van der Waals surface area (Å²) in [5.41, 5.74) is 0.0903. The van der Waals surface area contributed by atoms with E-state index >= 15 is 0 Å². The molecule has 2 aromatic heterocycles. The molecule has 0 radical (unpaired) electrons. The first-order valence-electron chi connectivity index (χ1n) is 8.45. The van der Waals surface area contributed by atoms with E-state index in [4.69, 9.17) is 4.52 Å². The molecule has 6 nitrogen and oxygen atoms in total. The Bertz CT molecular complexity index is 744. The molecule has 1 unspecified atom stereocenters. The fraction of sp³-hybridized carbons (Fsp3) is 0.529. The summed E-state index contributed by atoms with van der Waals surface area (Å²) in [6.45, 7) is 0.658. The summed E-state index contributed by atoms with van der Waals surface area (Å²) in [5.74, 6) is 1.06. The molecule has 1 aliphatic heterocycles. The number of carbonyl (C=O) groups excluding carboxylic acids is 1. The second-order valence-electron chi connectivity index (χ2n) is 6.51. The van der Waals surface area contributed by atoms with Crippen molar-refractivity contribution in [1.29, 1.82) is 0 Å². The van der Waals surface area contributed by atoms with Crippen LogP contribution in [0.2, 0.25) is 0 Å². The van der Waals surface area contributed by atoms with Crippen molar-refractivity contribution in [2.45, 2.75) is 50.5 Å². The number of nitrogens with zero attached hydrogens (tertiary/aromatic N) is 4. The Balaban J connectivity index is 1.40. The van der Waals surface area contributed by atoms with Gasteiger partial charge in [0.15, 0.2) is 11.6 Å². The summed E-state index contributed by atoms with van der Waals surface area (Å²) in [6, 6.07) is 1.53. The van der Waals surface area contributed by atoms with Crippen LogP contribution in [-0.2, 0) is 6.42 Å². The summed E-state index contributed by atoms with van der Waals surface area (Å²) in [7, 11) is 0. The van der Waals surface area contributed by atoms with Crippen molar-refractivity contribution in [3.63, 3.8) is 0 Å². The lowest BCUT2D eigenvalue weighted by atomic mass is 10.1. The number of pyridine rings is 1. The van der Waals surface area contributed by atoms with Crippen LogP contribution >= 0.6 is 0 Å². The molecule has 1 amide bonds. The summed E-state index contributed by atoms with van der Waals surface area (Å²) >= 11 is 0. The van der Waals surface area contributed by atoms with Crippen molar-refractivity contribution in [2.24, 2.45) is 0 Å². The zero-order chi connectivity index (χ0) is 16.5. The van der Waals surface area contributed by atoms with Gasteiger partial charge in [-0.1, -0.05) is 5.16 Å².